The van der Waals surface area contributed by atoms with Crippen molar-refractivity contribution in [2.75, 3.05) is 13.2 Å². The van der Waals surface area contributed by atoms with Crippen molar-refractivity contribution in [3.05, 3.63) is 72.9 Å². The average Bonchev–Trinajstić information content (AvgIpc) is 3.39. The van der Waals surface area contributed by atoms with Gasteiger partial charge in [-0.2, -0.15) is 0 Å². The number of allylic oxidation sites excluding steroid dienone is 12. The van der Waals surface area contributed by atoms with Gasteiger partial charge in [0.25, 0.3) is 0 Å². The Balaban J connectivity index is 4.24. The summed E-state index contributed by atoms with van der Waals surface area (Å²) in [5.74, 6) is -0.898. The second kappa shape index (κ2) is 61.4. The number of ether oxygens (including phenoxy) is 3. The maximum Gasteiger partial charge on any atom is 0.306 e. The topological polar surface area (TPSA) is 78.9 Å². The SMILES string of the molecule is CC/C=C\C/C=C\C/C=C\CCCCCCCC(=O)OC(COC(=O)CCCCCCC/C=C\CCCCCC)COC(=O)CCCCCCCCCCCCCCCCC/C=C\C/C=C\CCCCCCC. The minimum Gasteiger partial charge on any atom is -0.462 e. The molecule has 0 N–H and O–H groups in total. The number of carbonyl (C=O) groups is 3. The molecule has 6 nitrogen and oxygen atoms in total. The quantitative estimate of drug-likeness (QED) is 0.0261. The van der Waals surface area contributed by atoms with Crippen LogP contribution in [0, 0.1) is 0 Å². The molecule has 0 spiro atoms. The summed E-state index contributed by atoms with van der Waals surface area (Å²) in [6.45, 7) is 6.51. The van der Waals surface area contributed by atoms with Gasteiger partial charge in [0.05, 0.1) is 0 Å². The zero-order valence-corrected chi connectivity index (χ0v) is 48.4. The number of unbranched alkanes of at least 4 members (excludes halogenated alkanes) is 34. The minimum absolute atomic E-state index is 0.0834. The van der Waals surface area contributed by atoms with Crippen molar-refractivity contribution >= 4 is 17.9 Å². The van der Waals surface area contributed by atoms with Crippen molar-refractivity contribution in [3.8, 4) is 0 Å². The molecule has 422 valence electrons. The minimum atomic E-state index is -0.787. The van der Waals surface area contributed by atoms with E-state index in [1.54, 1.807) is 0 Å². The van der Waals surface area contributed by atoms with Gasteiger partial charge < -0.3 is 14.2 Å². The van der Waals surface area contributed by atoms with E-state index in [1.807, 2.05) is 0 Å². The first-order valence-corrected chi connectivity index (χ1v) is 31.4. The van der Waals surface area contributed by atoms with Crippen molar-refractivity contribution in [1.82, 2.24) is 0 Å². The molecule has 0 rings (SSSR count). The lowest BCUT2D eigenvalue weighted by Gasteiger charge is -2.18. The van der Waals surface area contributed by atoms with Gasteiger partial charge in [-0.3, -0.25) is 14.4 Å². The average molecular weight is 1020 g/mol. The Morgan fingerprint density at radius 2 is 0.534 bits per heavy atom. The Labute approximate surface area is 453 Å². The Morgan fingerprint density at radius 3 is 0.863 bits per heavy atom. The third-order valence-corrected chi connectivity index (χ3v) is 13.7. The number of esters is 3. The van der Waals surface area contributed by atoms with Crippen molar-refractivity contribution in [2.24, 2.45) is 0 Å². The molecule has 0 amide bonds. The van der Waals surface area contributed by atoms with Gasteiger partial charge in [-0.05, 0) is 109 Å². The first-order chi connectivity index (χ1) is 36.0. The highest BCUT2D eigenvalue weighted by Gasteiger charge is 2.19. The van der Waals surface area contributed by atoms with E-state index < -0.39 is 6.10 Å². The highest BCUT2D eigenvalue weighted by atomic mass is 16.6. The van der Waals surface area contributed by atoms with E-state index in [2.05, 4.69) is 93.7 Å². The lowest BCUT2D eigenvalue weighted by atomic mass is 10.0. The summed E-state index contributed by atoms with van der Waals surface area (Å²) in [5, 5.41) is 0. The molecule has 0 bridgehead atoms. The van der Waals surface area contributed by atoms with Crippen LogP contribution >= 0.6 is 0 Å². The molecule has 1 unspecified atom stereocenters. The lowest BCUT2D eigenvalue weighted by molar-refractivity contribution is -0.167. The summed E-state index contributed by atoms with van der Waals surface area (Å²) in [4.78, 5) is 38.2. The molecule has 0 radical (unpaired) electrons. The predicted molar refractivity (Wildman–Crippen MR) is 316 cm³/mol. The summed E-state index contributed by atoms with van der Waals surface area (Å²) >= 11 is 0. The molecule has 0 aromatic rings. The van der Waals surface area contributed by atoms with Crippen LogP contribution < -0.4 is 0 Å². The van der Waals surface area contributed by atoms with Crippen molar-refractivity contribution in [2.45, 2.75) is 322 Å². The molecule has 73 heavy (non-hydrogen) atoms. The molecule has 0 heterocycles. The van der Waals surface area contributed by atoms with Crippen LogP contribution in [0.5, 0.6) is 0 Å². The van der Waals surface area contributed by atoms with Crippen molar-refractivity contribution in [1.29, 1.82) is 0 Å². The maximum atomic E-state index is 12.9. The van der Waals surface area contributed by atoms with Crippen LogP contribution in [0.1, 0.15) is 316 Å². The van der Waals surface area contributed by atoms with Crippen LogP contribution in [0.2, 0.25) is 0 Å². The van der Waals surface area contributed by atoms with Crippen molar-refractivity contribution < 1.29 is 28.6 Å². The number of carbonyl (C=O) groups excluding carboxylic acids is 3. The fourth-order valence-corrected chi connectivity index (χ4v) is 8.95. The van der Waals surface area contributed by atoms with Gasteiger partial charge in [0.15, 0.2) is 6.10 Å². The summed E-state index contributed by atoms with van der Waals surface area (Å²) < 4.78 is 16.9. The number of hydrogen-bond acceptors (Lipinski definition) is 6. The molecule has 0 saturated carbocycles. The third kappa shape index (κ3) is 59.6. The van der Waals surface area contributed by atoms with Gasteiger partial charge >= 0.3 is 17.9 Å². The molecule has 0 aromatic heterocycles. The van der Waals surface area contributed by atoms with E-state index in [9.17, 15) is 14.4 Å². The molecule has 0 saturated heterocycles. The summed E-state index contributed by atoms with van der Waals surface area (Å²) in [5.41, 5.74) is 0. The van der Waals surface area contributed by atoms with E-state index in [0.29, 0.717) is 19.3 Å². The molecule has 0 fully saturated rings. The second-order valence-electron chi connectivity index (χ2n) is 20.9. The monoisotopic (exact) mass is 1020 g/mol. The van der Waals surface area contributed by atoms with Crippen LogP contribution in [0.4, 0.5) is 0 Å². The maximum absolute atomic E-state index is 12.9. The van der Waals surface area contributed by atoms with Crippen LogP contribution in [0.25, 0.3) is 0 Å². The van der Waals surface area contributed by atoms with Gasteiger partial charge in [0.2, 0.25) is 0 Å². The van der Waals surface area contributed by atoms with Crippen LogP contribution in [0.3, 0.4) is 0 Å². The van der Waals surface area contributed by atoms with Gasteiger partial charge in [0, 0.05) is 19.3 Å². The van der Waals surface area contributed by atoms with Gasteiger partial charge in [-0.1, -0.05) is 261 Å². The molecule has 6 heteroatoms. The van der Waals surface area contributed by atoms with E-state index in [1.165, 1.54) is 167 Å². The standard InChI is InChI=1S/C67H118O6/c1-4-7-10-13-16-19-22-25-27-28-29-30-31-32-33-34-35-36-37-38-40-42-45-48-51-54-57-60-66(69)72-63-64(62-71-65(68)59-56-53-50-47-44-41-24-21-18-15-12-9-6-3)73-67(70)61-58-55-52-49-46-43-39-26-23-20-17-14-11-8-5-2/h8,11,17,20-22,24-26,28-29,39,64H,4-7,9-10,12-16,18-19,23,27,30-38,40-63H2,1-3H3/b11-8-,20-17-,24-21-,25-22-,29-28-,39-26-. The second-order valence-corrected chi connectivity index (χ2v) is 20.9. The van der Waals surface area contributed by atoms with Crippen LogP contribution in [0.15, 0.2) is 72.9 Å². The summed E-state index contributed by atoms with van der Waals surface area (Å²) in [7, 11) is 0. The Bertz CT molecular complexity index is 1360. The van der Waals surface area contributed by atoms with E-state index in [4.69, 9.17) is 14.2 Å². The Kier molecular flexibility index (Phi) is 58.7. The normalized spacial score (nSPS) is 12.5. The van der Waals surface area contributed by atoms with E-state index in [-0.39, 0.29) is 31.1 Å². The van der Waals surface area contributed by atoms with Crippen LogP contribution in [-0.4, -0.2) is 37.2 Å². The van der Waals surface area contributed by atoms with E-state index in [0.717, 1.165) is 109 Å². The molecule has 0 aliphatic rings. The molecule has 0 aliphatic heterocycles. The third-order valence-electron chi connectivity index (χ3n) is 13.7. The predicted octanol–water partition coefficient (Wildman–Crippen LogP) is 21.3. The van der Waals surface area contributed by atoms with E-state index >= 15 is 0 Å². The first-order valence-electron chi connectivity index (χ1n) is 31.4. The number of hydrogen-bond donors (Lipinski definition) is 0. The fraction of sp³-hybridized carbons (Fsp3) is 0.776. The zero-order chi connectivity index (χ0) is 52.9. The summed E-state index contributed by atoms with van der Waals surface area (Å²) in [6.07, 6.45) is 79.1. The van der Waals surface area contributed by atoms with Crippen molar-refractivity contribution in [3.63, 3.8) is 0 Å². The Hall–Kier alpha value is -3.15. The lowest BCUT2D eigenvalue weighted by Crippen LogP contribution is -2.30. The highest BCUT2D eigenvalue weighted by molar-refractivity contribution is 5.71. The fourth-order valence-electron chi connectivity index (χ4n) is 8.95. The largest absolute Gasteiger partial charge is 0.462 e. The summed E-state index contributed by atoms with van der Waals surface area (Å²) in [6, 6.07) is 0. The molecular formula is C67H118O6. The van der Waals surface area contributed by atoms with Gasteiger partial charge in [-0.25, -0.2) is 0 Å². The smallest absolute Gasteiger partial charge is 0.306 e. The number of rotatable bonds is 57. The van der Waals surface area contributed by atoms with Gasteiger partial charge in [0.1, 0.15) is 13.2 Å². The Morgan fingerprint density at radius 1 is 0.288 bits per heavy atom. The highest BCUT2D eigenvalue weighted by Crippen LogP contribution is 2.16. The first kappa shape index (κ1) is 69.8. The molecular weight excluding hydrogens is 901 g/mol. The molecule has 0 aromatic carbocycles. The molecule has 1 atom stereocenters. The zero-order valence-electron chi connectivity index (χ0n) is 48.4. The molecule has 0 aliphatic carbocycles. The van der Waals surface area contributed by atoms with Gasteiger partial charge in [-0.15, -0.1) is 0 Å². The van der Waals surface area contributed by atoms with Crippen LogP contribution in [-0.2, 0) is 28.6 Å².